The molecule has 1 atom stereocenters. The monoisotopic (exact) mass is 202 g/mol. The summed E-state index contributed by atoms with van der Waals surface area (Å²) >= 11 is 0. The van der Waals surface area contributed by atoms with Gasteiger partial charge in [0.15, 0.2) is 0 Å². The average molecular weight is 202 g/mol. The third-order valence-electron chi connectivity index (χ3n) is 2.66. The van der Waals surface area contributed by atoms with Gasteiger partial charge in [-0.3, -0.25) is 4.79 Å². The van der Waals surface area contributed by atoms with Gasteiger partial charge in [-0.05, 0) is 12.8 Å². The van der Waals surface area contributed by atoms with E-state index in [4.69, 9.17) is 0 Å². The van der Waals surface area contributed by atoms with E-state index in [1.807, 2.05) is 18.7 Å². The average Bonchev–Trinajstić information content (AvgIpc) is 2.78. The number of amides is 1. The van der Waals surface area contributed by atoms with Crippen LogP contribution in [0.2, 0.25) is 0 Å². The maximum atomic E-state index is 12.6. The van der Waals surface area contributed by atoms with Crippen molar-refractivity contribution in [3.63, 3.8) is 0 Å². The van der Waals surface area contributed by atoms with Crippen molar-refractivity contribution in [1.29, 1.82) is 0 Å². The van der Waals surface area contributed by atoms with E-state index in [1.165, 1.54) is 0 Å². The Bertz CT molecular complexity index is 199. The van der Waals surface area contributed by atoms with Gasteiger partial charge in [0.1, 0.15) is 0 Å². The van der Waals surface area contributed by atoms with Crippen LogP contribution in [0, 0.1) is 0 Å². The normalized spacial score (nSPS) is 27.8. The van der Waals surface area contributed by atoms with Gasteiger partial charge in [-0.25, -0.2) is 0 Å². The predicted octanol–water partition coefficient (Wildman–Crippen LogP) is 1.59. The lowest BCUT2D eigenvalue weighted by molar-refractivity contribution is -0.129. The summed E-state index contributed by atoms with van der Waals surface area (Å²) in [5, 5.41) is 0.802. The number of hydrogen-bond donors (Lipinski definition) is 0. The fourth-order valence-corrected chi connectivity index (χ4v) is 2.01. The lowest BCUT2D eigenvalue weighted by atomic mass is 10.2. The van der Waals surface area contributed by atoms with Crippen LogP contribution in [-0.4, -0.2) is 41.6 Å². The van der Waals surface area contributed by atoms with Crippen LogP contribution >= 0.6 is 0 Å². The topological polar surface area (TPSA) is 23.6 Å². The van der Waals surface area contributed by atoms with Crippen molar-refractivity contribution in [2.75, 3.05) is 19.6 Å². The van der Waals surface area contributed by atoms with Crippen LogP contribution in [-0.2, 0) is 4.79 Å². The van der Waals surface area contributed by atoms with Crippen LogP contribution in [0.25, 0.3) is 0 Å². The lowest BCUT2D eigenvalue weighted by Crippen LogP contribution is -2.37. The lowest BCUT2D eigenvalue weighted by Gasteiger charge is -2.22. The molecule has 2 rings (SSSR count). The fraction of sp³-hybridized carbons (Fsp3) is 0.900. The molecule has 2 fully saturated rings. The number of carbonyl (C=O) groups is 1. The summed E-state index contributed by atoms with van der Waals surface area (Å²) in [6.45, 7) is 5.72. The minimum Gasteiger partial charge on any atom is -0.338 e. The highest BCUT2D eigenvalue weighted by molar-refractivity contribution is 5.78. The Hall–Kier alpha value is -0.640. The van der Waals surface area contributed by atoms with Crippen molar-refractivity contribution in [1.82, 2.24) is 10.0 Å². The second kappa shape index (κ2) is 5.29. The molecule has 0 radical (unpaired) electrons. The van der Waals surface area contributed by atoms with Crippen molar-refractivity contribution in [2.24, 2.45) is 0 Å². The van der Waals surface area contributed by atoms with Gasteiger partial charge in [0.2, 0.25) is 5.91 Å². The maximum Gasteiger partial charge on any atom is 0.222 e. The largest absolute Gasteiger partial charge is 0.338 e. The third-order valence-corrected chi connectivity index (χ3v) is 2.66. The van der Waals surface area contributed by atoms with Gasteiger partial charge in [-0.1, -0.05) is 13.8 Å². The molecule has 0 bridgehead atoms. The smallest absolute Gasteiger partial charge is 0.222 e. The van der Waals surface area contributed by atoms with Crippen molar-refractivity contribution >= 4 is 5.91 Å². The minimum absolute atomic E-state index is 0.144. The summed E-state index contributed by atoms with van der Waals surface area (Å²) in [6.07, 6.45) is 2.40. The Kier molecular flexibility index (Phi) is 4.32. The van der Waals surface area contributed by atoms with Crippen molar-refractivity contribution in [3.8, 4) is 0 Å². The zero-order valence-electron chi connectivity index (χ0n) is 9.00. The molecule has 0 spiro atoms. The highest BCUT2D eigenvalue weighted by Crippen LogP contribution is 2.21. The van der Waals surface area contributed by atoms with Crippen molar-refractivity contribution < 1.29 is 9.28 Å². The molecule has 0 aromatic rings. The van der Waals surface area contributed by atoms with Gasteiger partial charge in [0, 0.05) is 32.1 Å². The van der Waals surface area contributed by atoms with Crippen LogP contribution in [0.3, 0.4) is 0 Å². The first-order valence-electron chi connectivity index (χ1n) is 5.47. The van der Waals surface area contributed by atoms with Gasteiger partial charge in [-0.15, -0.1) is 9.60 Å². The van der Waals surface area contributed by atoms with Crippen LogP contribution in [0.4, 0.5) is 4.48 Å². The molecule has 4 heteroatoms. The third kappa shape index (κ3) is 2.44. The summed E-state index contributed by atoms with van der Waals surface area (Å²) < 4.78 is 12.6. The zero-order chi connectivity index (χ0) is 10.6. The molecule has 0 aromatic carbocycles. The van der Waals surface area contributed by atoms with Gasteiger partial charge in [-0.2, -0.15) is 0 Å². The molecular formula is C10H19FN2O. The first kappa shape index (κ1) is 11.4. The molecule has 1 amide bonds. The Morgan fingerprint density at radius 3 is 2.50 bits per heavy atom. The molecule has 82 valence electrons. The summed E-state index contributed by atoms with van der Waals surface area (Å²) in [6, 6.07) is 0.144. The highest BCUT2D eigenvalue weighted by atomic mass is 19.2. The fourth-order valence-electron chi connectivity index (χ4n) is 2.01. The first-order valence-corrected chi connectivity index (χ1v) is 5.47. The number of carbonyl (C=O) groups excluding carboxylic acids is 1. The number of likely N-dealkylation sites (tertiary alicyclic amines) is 1. The predicted molar refractivity (Wildman–Crippen MR) is 53.4 cm³/mol. The quantitative estimate of drug-likeness (QED) is 0.603. The molecule has 0 saturated carbocycles. The van der Waals surface area contributed by atoms with Gasteiger partial charge >= 0.3 is 0 Å². The summed E-state index contributed by atoms with van der Waals surface area (Å²) in [5.41, 5.74) is 0. The van der Waals surface area contributed by atoms with Crippen LogP contribution in [0.15, 0.2) is 0 Å². The first-order chi connectivity index (χ1) is 6.77. The number of nitrogens with zero attached hydrogens (tertiary/aromatic N) is 2. The standard InChI is InChI=1S/C8H13FN2O.C2H6/c9-10-5-3-7(6-10)11-4-1-2-8(11)12;1-2/h7H,1-6H2;1-2H3. The number of halogens is 1. The number of rotatable bonds is 1. The molecular weight excluding hydrogens is 183 g/mol. The van der Waals surface area contributed by atoms with E-state index in [0.717, 1.165) is 24.5 Å². The van der Waals surface area contributed by atoms with E-state index in [9.17, 15) is 9.28 Å². The molecule has 0 aliphatic carbocycles. The van der Waals surface area contributed by atoms with Gasteiger partial charge < -0.3 is 4.90 Å². The van der Waals surface area contributed by atoms with Crippen LogP contribution in [0.5, 0.6) is 0 Å². The van der Waals surface area contributed by atoms with E-state index in [2.05, 4.69) is 0 Å². The number of hydrogen-bond acceptors (Lipinski definition) is 2. The molecule has 2 aliphatic heterocycles. The highest BCUT2D eigenvalue weighted by Gasteiger charge is 2.32. The molecule has 2 saturated heterocycles. The van der Waals surface area contributed by atoms with Gasteiger partial charge in [0.05, 0.1) is 0 Å². The van der Waals surface area contributed by atoms with Gasteiger partial charge in [0.25, 0.3) is 0 Å². The van der Waals surface area contributed by atoms with E-state index < -0.39 is 0 Å². The summed E-state index contributed by atoms with van der Waals surface area (Å²) in [7, 11) is 0. The van der Waals surface area contributed by atoms with Crippen molar-refractivity contribution in [3.05, 3.63) is 0 Å². The molecule has 14 heavy (non-hydrogen) atoms. The van der Waals surface area contributed by atoms with Crippen LogP contribution < -0.4 is 0 Å². The molecule has 0 aromatic heterocycles. The molecule has 2 aliphatic rings. The Balaban J connectivity index is 0.000000461. The van der Waals surface area contributed by atoms with E-state index >= 15 is 0 Å². The summed E-state index contributed by atoms with van der Waals surface area (Å²) in [4.78, 5) is 13.1. The summed E-state index contributed by atoms with van der Waals surface area (Å²) in [5.74, 6) is 0.204. The minimum atomic E-state index is 0.144. The second-order valence-electron chi connectivity index (χ2n) is 3.50. The molecule has 0 N–H and O–H groups in total. The zero-order valence-corrected chi connectivity index (χ0v) is 9.00. The Morgan fingerprint density at radius 1 is 1.36 bits per heavy atom. The maximum absolute atomic E-state index is 12.6. The SMILES string of the molecule is CC.O=C1CCCN1C1CCN(F)C1. The Morgan fingerprint density at radius 2 is 2.07 bits per heavy atom. The second-order valence-corrected chi connectivity index (χ2v) is 3.50. The van der Waals surface area contributed by atoms with E-state index in [0.29, 0.717) is 19.5 Å². The van der Waals surface area contributed by atoms with Crippen molar-refractivity contribution in [2.45, 2.75) is 39.2 Å². The Labute approximate surface area is 84.8 Å². The van der Waals surface area contributed by atoms with E-state index in [-0.39, 0.29) is 11.9 Å². The molecule has 3 nitrogen and oxygen atoms in total. The molecule has 2 heterocycles. The molecule has 1 unspecified atom stereocenters. The van der Waals surface area contributed by atoms with E-state index in [1.54, 1.807) is 0 Å². The van der Waals surface area contributed by atoms with Crippen LogP contribution in [0.1, 0.15) is 33.1 Å².